The lowest BCUT2D eigenvalue weighted by Gasteiger charge is -2.16. The minimum absolute atomic E-state index is 0.241. The highest BCUT2D eigenvalue weighted by Crippen LogP contribution is 2.42. The van der Waals surface area contributed by atoms with Gasteiger partial charge in [0, 0.05) is 17.7 Å². The number of aliphatic carboxylic acids is 1. The van der Waals surface area contributed by atoms with Gasteiger partial charge in [0.15, 0.2) is 6.61 Å². The van der Waals surface area contributed by atoms with E-state index in [0.29, 0.717) is 34.1 Å². The van der Waals surface area contributed by atoms with Gasteiger partial charge in [-0.25, -0.2) is 9.48 Å². The number of benzene rings is 2. The molecule has 0 bridgehead atoms. The molecule has 5 N–H and O–H groups in total. The number of nitrogen functional groups attached to an aromatic ring is 1. The van der Waals surface area contributed by atoms with Crippen molar-refractivity contribution in [1.29, 1.82) is 0 Å². The van der Waals surface area contributed by atoms with Crippen LogP contribution in [-0.2, 0) is 4.79 Å². The van der Waals surface area contributed by atoms with Crippen molar-refractivity contribution in [3.63, 3.8) is 0 Å². The van der Waals surface area contributed by atoms with Crippen LogP contribution in [0.4, 0.5) is 11.5 Å². The molecule has 0 spiro atoms. The van der Waals surface area contributed by atoms with Crippen molar-refractivity contribution in [2.24, 2.45) is 0 Å². The van der Waals surface area contributed by atoms with Crippen LogP contribution in [-0.4, -0.2) is 46.4 Å². The number of carboxylic acid groups (broad SMARTS) is 1. The van der Waals surface area contributed by atoms with Gasteiger partial charge < -0.3 is 30.7 Å². The zero-order valence-electron chi connectivity index (χ0n) is 17.0. The molecule has 0 atom stereocenters. The number of hydrogen-bond donors (Lipinski definition) is 4. The first-order valence-electron chi connectivity index (χ1n) is 9.20. The number of anilines is 2. The molecule has 0 radical (unpaired) electrons. The second-order valence-electron chi connectivity index (χ2n) is 6.62. The zero-order chi connectivity index (χ0) is 21.8. The molecule has 3 rings (SSSR count). The average molecular weight is 412 g/mol. The van der Waals surface area contributed by atoms with E-state index in [1.807, 2.05) is 38.1 Å². The Labute approximate surface area is 173 Å². The molecule has 0 saturated carbocycles. The number of carbonyl (C=O) groups is 1. The van der Waals surface area contributed by atoms with E-state index in [-0.39, 0.29) is 12.5 Å². The Morgan fingerprint density at radius 1 is 1.27 bits per heavy atom. The van der Waals surface area contributed by atoms with Gasteiger partial charge in [0.25, 0.3) is 0 Å². The van der Waals surface area contributed by atoms with Gasteiger partial charge in [-0.15, -0.1) is 0 Å². The van der Waals surface area contributed by atoms with Crippen LogP contribution in [0, 0.1) is 13.8 Å². The lowest BCUT2D eigenvalue weighted by molar-refractivity contribution is -0.139. The molecule has 2 aromatic carbocycles. The molecule has 0 aliphatic carbocycles. The fourth-order valence-corrected chi connectivity index (χ4v) is 3.16. The van der Waals surface area contributed by atoms with Gasteiger partial charge in [-0.3, -0.25) is 0 Å². The number of para-hydroxylation sites is 1. The van der Waals surface area contributed by atoms with Gasteiger partial charge in [-0.1, -0.05) is 18.2 Å². The first-order valence-corrected chi connectivity index (χ1v) is 9.20. The third-order valence-corrected chi connectivity index (χ3v) is 4.68. The molecule has 158 valence electrons. The van der Waals surface area contributed by atoms with Crippen molar-refractivity contribution in [3.8, 4) is 28.4 Å². The highest BCUT2D eigenvalue weighted by atomic mass is 16.5. The summed E-state index contributed by atoms with van der Waals surface area (Å²) in [5.74, 6) is -0.0133. The highest BCUT2D eigenvalue weighted by molar-refractivity contribution is 5.86. The summed E-state index contributed by atoms with van der Waals surface area (Å²) in [5.41, 5.74) is 10.3. The van der Waals surface area contributed by atoms with Crippen LogP contribution in [0.15, 0.2) is 36.4 Å². The number of aliphatic hydroxyl groups excluding tert-OH is 1. The monoisotopic (exact) mass is 412 g/mol. The number of carboxylic acids is 1. The van der Waals surface area contributed by atoms with E-state index in [1.165, 1.54) is 7.11 Å². The maximum absolute atomic E-state index is 11.1. The largest absolute Gasteiger partial charge is 0.497 e. The van der Waals surface area contributed by atoms with E-state index in [2.05, 4.69) is 5.32 Å². The van der Waals surface area contributed by atoms with Crippen LogP contribution in [0.2, 0.25) is 0 Å². The Bertz CT molecular complexity index is 1080. The summed E-state index contributed by atoms with van der Waals surface area (Å²) in [6.45, 7) is 2.87. The van der Waals surface area contributed by atoms with Gasteiger partial charge in [0.1, 0.15) is 29.7 Å². The van der Waals surface area contributed by atoms with E-state index < -0.39 is 12.6 Å². The van der Waals surface area contributed by atoms with Gasteiger partial charge in [0.05, 0.1) is 24.0 Å². The predicted octanol–water partition coefficient (Wildman–Crippen LogP) is 2.57. The van der Waals surface area contributed by atoms with Crippen molar-refractivity contribution >= 4 is 17.5 Å². The molecule has 9 nitrogen and oxygen atoms in total. The van der Waals surface area contributed by atoms with Crippen molar-refractivity contribution in [2.45, 2.75) is 13.8 Å². The molecule has 30 heavy (non-hydrogen) atoms. The second kappa shape index (κ2) is 8.75. The fourth-order valence-electron chi connectivity index (χ4n) is 3.16. The van der Waals surface area contributed by atoms with Gasteiger partial charge in [-0.05, 0) is 25.5 Å². The number of methoxy groups -OCH3 is 1. The molecule has 0 saturated heterocycles. The first kappa shape index (κ1) is 21.0. The number of nitrogens with zero attached hydrogens (tertiary/aromatic N) is 2. The summed E-state index contributed by atoms with van der Waals surface area (Å²) in [4.78, 5) is 11.1. The Balaban J connectivity index is 2.24. The van der Waals surface area contributed by atoms with Crippen molar-refractivity contribution < 1.29 is 24.5 Å². The summed E-state index contributed by atoms with van der Waals surface area (Å²) < 4.78 is 12.4. The van der Waals surface area contributed by atoms with Crippen LogP contribution < -0.4 is 20.5 Å². The number of nitrogens with one attached hydrogen (secondary N) is 1. The molecule has 3 aromatic rings. The molecular weight excluding hydrogens is 388 g/mol. The van der Waals surface area contributed by atoms with Crippen molar-refractivity contribution in [2.75, 3.05) is 31.5 Å². The molecule has 0 aliphatic rings. The molecule has 0 aliphatic heterocycles. The summed E-state index contributed by atoms with van der Waals surface area (Å²) in [6, 6.07) is 10.9. The quantitative estimate of drug-likeness (QED) is 0.415. The molecule has 0 fully saturated rings. The SMILES string of the molecule is COc1cc(NCO)c(-c2nn(-c3ccccc3C)c(N)c2C)c(OCC(=O)O)c1. The van der Waals surface area contributed by atoms with E-state index in [4.69, 9.17) is 25.4 Å². The Hall–Kier alpha value is -3.72. The van der Waals surface area contributed by atoms with Crippen LogP contribution in [0.5, 0.6) is 11.5 Å². The van der Waals surface area contributed by atoms with Crippen LogP contribution in [0.1, 0.15) is 11.1 Å². The number of aliphatic hydroxyl groups is 1. The number of aryl methyl sites for hydroxylation is 1. The fraction of sp³-hybridized carbons (Fsp3) is 0.238. The first-order chi connectivity index (χ1) is 14.4. The van der Waals surface area contributed by atoms with E-state index in [1.54, 1.807) is 16.8 Å². The number of aromatic nitrogens is 2. The van der Waals surface area contributed by atoms with Crippen LogP contribution >= 0.6 is 0 Å². The number of nitrogens with two attached hydrogens (primary N) is 1. The zero-order valence-corrected chi connectivity index (χ0v) is 17.0. The molecule has 9 heteroatoms. The molecule has 1 heterocycles. The van der Waals surface area contributed by atoms with E-state index in [9.17, 15) is 9.90 Å². The topological polar surface area (TPSA) is 132 Å². The predicted molar refractivity (Wildman–Crippen MR) is 113 cm³/mol. The number of hydrogen-bond acceptors (Lipinski definition) is 7. The summed E-state index contributed by atoms with van der Waals surface area (Å²) in [5, 5.41) is 26.1. The Morgan fingerprint density at radius 3 is 2.63 bits per heavy atom. The Morgan fingerprint density at radius 2 is 2.00 bits per heavy atom. The van der Waals surface area contributed by atoms with Crippen LogP contribution in [0.25, 0.3) is 16.9 Å². The molecular formula is C21H24N4O5. The lowest BCUT2D eigenvalue weighted by atomic mass is 10.0. The summed E-state index contributed by atoms with van der Waals surface area (Å²) in [6.07, 6.45) is 0. The normalized spacial score (nSPS) is 10.7. The summed E-state index contributed by atoms with van der Waals surface area (Å²) in [7, 11) is 1.48. The minimum Gasteiger partial charge on any atom is -0.497 e. The molecule has 0 amide bonds. The van der Waals surface area contributed by atoms with Gasteiger partial charge in [0.2, 0.25) is 0 Å². The minimum atomic E-state index is -1.12. The number of ether oxygens (including phenoxy) is 2. The molecule has 0 unspecified atom stereocenters. The van der Waals surface area contributed by atoms with E-state index >= 15 is 0 Å². The average Bonchev–Trinajstić information content (AvgIpc) is 3.01. The third-order valence-electron chi connectivity index (χ3n) is 4.68. The third kappa shape index (κ3) is 4.01. The lowest BCUT2D eigenvalue weighted by Crippen LogP contribution is -2.11. The Kier molecular flexibility index (Phi) is 6.12. The van der Waals surface area contributed by atoms with E-state index in [0.717, 1.165) is 11.3 Å². The van der Waals surface area contributed by atoms with Crippen LogP contribution in [0.3, 0.4) is 0 Å². The second-order valence-corrected chi connectivity index (χ2v) is 6.62. The highest BCUT2D eigenvalue weighted by Gasteiger charge is 2.23. The smallest absolute Gasteiger partial charge is 0.341 e. The molecule has 1 aromatic heterocycles. The standard InChI is InChI=1S/C21H24N4O5/c1-12-6-4-5-7-16(12)25-21(22)13(2)20(24-25)19-15(23-11-26)8-14(29-3)9-17(19)30-10-18(27)28/h4-9,23,26H,10-11,22H2,1-3H3,(H,27,28). The summed E-state index contributed by atoms with van der Waals surface area (Å²) >= 11 is 0. The van der Waals surface area contributed by atoms with Crippen molar-refractivity contribution in [3.05, 3.63) is 47.5 Å². The number of rotatable bonds is 8. The van der Waals surface area contributed by atoms with Gasteiger partial charge in [-0.2, -0.15) is 5.10 Å². The van der Waals surface area contributed by atoms with Gasteiger partial charge >= 0.3 is 5.97 Å². The maximum Gasteiger partial charge on any atom is 0.341 e. The maximum atomic E-state index is 11.1. The van der Waals surface area contributed by atoms with Crippen molar-refractivity contribution in [1.82, 2.24) is 9.78 Å².